The van der Waals surface area contributed by atoms with Crippen LogP contribution in [-0.2, 0) is 19.1 Å². The summed E-state index contributed by atoms with van der Waals surface area (Å²) in [5.74, 6) is -1.36. The van der Waals surface area contributed by atoms with Crippen LogP contribution in [0, 0.1) is 28.1 Å². The zero-order valence-corrected chi connectivity index (χ0v) is 19.7. The van der Waals surface area contributed by atoms with E-state index in [1.165, 1.54) is 0 Å². The maximum absolute atomic E-state index is 14.4. The smallest absolute Gasteiger partial charge is 0.184 e. The van der Waals surface area contributed by atoms with E-state index in [-0.39, 0.29) is 30.3 Å². The molecule has 0 aromatic heterocycles. The van der Waals surface area contributed by atoms with Crippen LogP contribution in [0.15, 0.2) is 36.6 Å². The lowest BCUT2D eigenvalue weighted by atomic mass is 9.39. The number of allylic oxidation sites excluding steroid dienone is 4. The Bertz CT molecular complexity index is 884. The Hall–Kier alpha value is -2.01. The lowest BCUT2D eigenvalue weighted by Gasteiger charge is -2.59. The lowest BCUT2D eigenvalue weighted by Crippen LogP contribution is -2.69. The summed E-state index contributed by atoms with van der Waals surface area (Å²) < 4.78 is 6.20. The van der Waals surface area contributed by atoms with E-state index < -0.39 is 39.7 Å². The standard InChI is InChI=1S/C26H36O5/c1-9-11-16-13-25-14-18(24(7,8)30)31-21(25)17(12-10-2)20(28)26(22(25)29,23(16,5)6)19(27)15(3)4/h9-10,15-16,18,30H,1-2,11-14H2,3-8H3/t16-,18-,25-,26-/m0/s1. The van der Waals surface area contributed by atoms with E-state index in [9.17, 15) is 19.5 Å². The van der Waals surface area contributed by atoms with Gasteiger partial charge in [-0.15, -0.1) is 13.2 Å². The molecule has 0 unspecified atom stereocenters. The zero-order chi connectivity index (χ0) is 23.6. The van der Waals surface area contributed by atoms with Crippen LogP contribution >= 0.6 is 0 Å². The summed E-state index contributed by atoms with van der Waals surface area (Å²) in [5, 5.41) is 10.7. The topological polar surface area (TPSA) is 80.7 Å². The molecule has 3 aliphatic rings. The maximum Gasteiger partial charge on any atom is 0.184 e. The minimum absolute atomic E-state index is 0.112. The molecule has 2 bridgehead atoms. The van der Waals surface area contributed by atoms with Gasteiger partial charge in [-0.05, 0) is 44.4 Å². The fraction of sp³-hybridized carbons (Fsp3) is 0.654. The molecule has 1 saturated heterocycles. The van der Waals surface area contributed by atoms with Gasteiger partial charge in [0.05, 0.1) is 11.0 Å². The van der Waals surface area contributed by atoms with Crippen LogP contribution < -0.4 is 0 Å². The number of Topliss-reactive ketones (excluding diaryl/α,β-unsaturated/α-hetero) is 3. The Kier molecular flexibility index (Phi) is 5.54. The van der Waals surface area contributed by atoms with Gasteiger partial charge >= 0.3 is 0 Å². The third-order valence-electron chi connectivity index (χ3n) is 7.96. The van der Waals surface area contributed by atoms with Crippen molar-refractivity contribution in [2.45, 2.75) is 78.9 Å². The Balaban J connectivity index is 2.41. The van der Waals surface area contributed by atoms with Crippen molar-refractivity contribution < 1.29 is 24.2 Å². The predicted octanol–water partition coefficient (Wildman–Crippen LogP) is 4.35. The summed E-state index contributed by atoms with van der Waals surface area (Å²) in [6.07, 6.45) is 4.29. The second-order valence-electron chi connectivity index (χ2n) is 10.9. The molecule has 0 aromatic carbocycles. The molecule has 4 atom stereocenters. The highest BCUT2D eigenvalue weighted by atomic mass is 16.5. The van der Waals surface area contributed by atoms with Crippen LogP contribution in [-0.4, -0.2) is 34.2 Å². The molecular weight excluding hydrogens is 392 g/mol. The fourth-order valence-electron chi connectivity index (χ4n) is 6.17. The SMILES string of the molecule is C=CCC1=C2O[C@H](C(C)(C)O)C[C@@]23C[C@H](CC=C)C(C)(C)[C@@](C(=O)C(C)C)(C1=O)C3=O. The second-order valence-corrected chi connectivity index (χ2v) is 10.9. The van der Waals surface area contributed by atoms with Gasteiger partial charge in [0.15, 0.2) is 22.8 Å². The van der Waals surface area contributed by atoms with E-state index in [1.807, 2.05) is 13.8 Å². The summed E-state index contributed by atoms with van der Waals surface area (Å²) in [5.41, 5.74) is -4.59. The first-order valence-corrected chi connectivity index (χ1v) is 11.2. The number of ether oxygens (including phenoxy) is 1. The van der Waals surface area contributed by atoms with Crippen LogP contribution in [0.1, 0.15) is 67.2 Å². The maximum atomic E-state index is 14.4. The van der Waals surface area contributed by atoms with E-state index in [1.54, 1.807) is 39.8 Å². The fourth-order valence-corrected chi connectivity index (χ4v) is 6.17. The molecule has 0 amide bonds. The number of fused-ring (bicyclic) bond motifs is 1. The van der Waals surface area contributed by atoms with Gasteiger partial charge in [0, 0.05) is 17.9 Å². The minimum atomic E-state index is -1.77. The van der Waals surface area contributed by atoms with Crippen LogP contribution in [0.25, 0.3) is 0 Å². The highest BCUT2D eigenvalue weighted by Gasteiger charge is 2.77. The molecule has 1 heterocycles. The molecule has 1 saturated carbocycles. The summed E-state index contributed by atoms with van der Waals surface area (Å²) in [6, 6.07) is 0. The van der Waals surface area contributed by atoms with E-state index >= 15 is 0 Å². The van der Waals surface area contributed by atoms with Crippen molar-refractivity contribution in [1.29, 1.82) is 0 Å². The van der Waals surface area contributed by atoms with Crippen LogP contribution in [0.4, 0.5) is 0 Å². The van der Waals surface area contributed by atoms with E-state index in [4.69, 9.17) is 4.74 Å². The van der Waals surface area contributed by atoms with Gasteiger partial charge in [0.1, 0.15) is 11.9 Å². The Labute approximate surface area is 185 Å². The van der Waals surface area contributed by atoms with Crippen molar-refractivity contribution in [3.63, 3.8) is 0 Å². The van der Waals surface area contributed by atoms with Crippen molar-refractivity contribution in [2.24, 2.45) is 28.1 Å². The summed E-state index contributed by atoms with van der Waals surface area (Å²) >= 11 is 0. The van der Waals surface area contributed by atoms with Gasteiger partial charge in [-0.2, -0.15) is 0 Å². The molecule has 2 aliphatic carbocycles. The second kappa shape index (κ2) is 7.26. The molecular formula is C26H36O5. The zero-order valence-electron chi connectivity index (χ0n) is 19.7. The Morgan fingerprint density at radius 2 is 1.84 bits per heavy atom. The van der Waals surface area contributed by atoms with Crippen molar-refractivity contribution in [3.05, 3.63) is 36.6 Å². The third kappa shape index (κ3) is 2.88. The number of hydrogen-bond donors (Lipinski definition) is 1. The molecule has 2 fully saturated rings. The molecule has 170 valence electrons. The number of ketones is 3. The normalized spacial score (nSPS) is 34.5. The average molecular weight is 429 g/mol. The van der Waals surface area contributed by atoms with Gasteiger partial charge in [0.2, 0.25) is 0 Å². The molecule has 1 N–H and O–H groups in total. The van der Waals surface area contributed by atoms with Crippen LogP contribution in [0.5, 0.6) is 0 Å². The largest absolute Gasteiger partial charge is 0.490 e. The van der Waals surface area contributed by atoms with Crippen LogP contribution in [0.3, 0.4) is 0 Å². The van der Waals surface area contributed by atoms with Gasteiger partial charge < -0.3 is 9.84 Å². The molecule has 5 nitrogen and oxygen atoms in total. The monoisotopic (exact) mass is 428 g/mol. The number of carbonyl (C=O) groups excluding carboxylic acids is 3. The van der Waals surface area contributed by atoms with Crippen molar-refractivity contribution in [2.75, 3.05) is 0 Å². The highest BCUT2D eigenvalue weighted by Crippen LogP contribution is 2.68. The molecule has 5 heteroatoms. The Morgan fingerprint density at radius 1 is 1.23 bits per heavy atom. The van der Waals surface area contributed by atoms with E-state index in [0.717, 1.165) is 0 Å². The summed E-state index contributed by atoms with van der Waals surface area (Å²) in [4.78, 5) is 42.4. The molecule has 1 aliphatic heterocycles. The number of aliphatic hydroxyl groups is 1. The third-order valence-corrected chi connectivity index (χ3v) is 7.96. The Morgan fingerprint density at radius 3 is 2.32 bits per heavy atom. The van der Waals surface area contributed by atoms with Crippen molar-refractivity contribution in [3.8, 4) is 0 Å². The molecule has 1 spiro atoms. The van der Waals surface area contributed by atoms with Gasteiger partial charge in [0.25, 0.3) is 0 Å². The number of hydrogen-bond acceptors (Lipinski definition) is 5. The van der Waals surface area contributed by atoms with Gasteiger partial charge in [-0.3, -0.25) is 14.4 Å². The van der Waals surface area contributed by atoms with Crippen LogP contribution in [0.2, 0.25) is 0 Å². The molecule has 0 radical (unpaired) electrons. The van der Waals surface area contributed by atoms with Crippen molar-refractivity contribution >= 4 is 17.3 Å². The minimum Gasteiger partial charge on any atom is -0.490 e. The summed E-state index contributed by atoms with van der Waals surface area (Å²) in [7, 11) is 0. The van der Waals surface area contributed by atoms with E-state index in [2.05, 4.69) is 13.2 Å². The van der Waals surface area contributed by atoms with Gasteiger partial charge in [-0.25, -0.2) is 0 Å². The first-order valence-electron chi connectivity index (χ1n) is 11.2. The lowest BCUT2D eigenvalue weighted by molar-refractivity contribution is -0.176. The molecule has 3 rings (SSSR count). The predicted molar refractivity (Wildman–Crippen MR) is 119 cm³/mol. The first kappa shape index (κ1) is 23.6. The number of rotatable bonds is 7. The van der Waals surface area contributed by atoms with Gasteiger partial charge in [-0.1, -0.05) is 39.8 Å². The highest BCUT2D eigenvalue weighted by molar-refractivity contribution is 6.33. The summed E-state index contributed by atoms with van der Waals surface area (Å²) in [6.45, 7) is 18.2. The molecule has 0 aromatic rings. The average Bonchev–Trinajstić information content (AvgIpc) is 3.04. The number of carbonyl (C=O) groups is 3. The first-order chi connectivity index (χ1) is 14.2. The molecule has 31 heavy (non-hydrogen) atoms. The van der Waals surface area contributed by atoms with E-state index in [0.29, 0.717) is 24.2 Å². The quantitative estimate of drug-likeness (QED) is 0.482. The van der Waals surface area contributed by atoms with Crippen molar-refractivity contribution in [1.82, 2.24) is 0 Å².